The molecule has 102 valence electrons. The van der Waals surface area contributed by atoms with Crippen molar-refractivity contribution in [2.45, 2.75) is 11.4 Å². The van der Waals surface area contributed by atoms with Gasteiger partial charge in [-0.2, -0.15) is 0 Å². The summed E-state index contributed by atoms with van der Waals surface area (Å²) >= 11 is 0. The highest BCUT2D eigenvalue weighted by atomic mass is 32.2. The number of quaternary nitrogens is 1. The van der Waals surface area contributed by atoms with Crippen LogP contribution in [0.2, 0.25) is 0 Å². The molecule has 0 spiro atoms. The Morgan fingerprint density at radius 2 is 1.53 bits per heavy atom. The monoisotopic (exact) mass is 280 g/mol. The van der Waals surface area contributed by atoms with Crippen LogP contribution in [0.15, 0.2) is 59.5 Å². The van der Waals surface area contributed by atoms with Crippen LogP contribution in [-0.2, 0) is 16.7 Å². The fraction of sp³-hybridized carbons (Fsp3) is 0.0769. The topological polar surface area (TPSA) is 106 Å². The zero-order chi connectivity index (χ0) is 13.0. The Labute approximate surface area is 112 Å². The quantitative estimate of drug-likeness (QED) is 0.839. The first-order valence-electron chi connectivity index (χ1n) is 5.39. The highest BCUT2D eigenvalue weighted by molar-refractivity contribution is 7.85. The van der Waals surface area contributed by atoms with Gasteiger partial charge in [-0.1, -0.05) is 30.3 Å². The molecule has 2 aromatic carbocycles. The first-order chi connectivity index (χ1) is 8.55. The van der Waals surface area contributed by atoms with Crippen molar-refractivity contribution in [1.82, 2.24) is 6.15 Å². The fourth-order valence-corrected chi connectivity index (χ4v) is 2.01. The Morgan fingerprint density at radius 1 is 0.947 bits per heavy atom. The molecule has 0 aliphatic heterocycles. The SMILES string of the molecule is O=S(=O)([O-])c1ccc(NCc2ccccc2)cc1.[NH4+]. The second kappa shape index (κ2) is 6.33. The maximum absolute atomic E-state index is 10.7. The van der Waals surface area contributed by atoms with Gasteiger partial charge in [0, 0.05) is 12.2 Å². The number of anilines is 1. The standard InChI is InChI=1S/C13H13NO3S.H3N/c15-18(16,17)13-8-6-12(7-9-13)14-10-11-4-2-1-3-5-11;/h1-9,14H,10H2,(H,15,16,17);1H3. The zero-order valence-electron chi connectivity index (χ0n) is 10.5. The van der Waals surface area contributed by atoms with E-state index in [-0.39, 0.29) is 11.0 Å². The van der Waals surface area contributed by atoms with Gasteiger partial charge in [-0.15, -0.1) is 0 Å². The van der Waals surface area contributed by atoms with Crippen LogP contribution in [0.1, 0.15) is 5.56 Å². The molecule has 2 aromatic rings. The molecule has 0 aromatic heterocycles. The zero-order valence-corrected chi connectivity index (χ0v) is 11.4. The van der Waals surface area contributed by atoms with Crippen molar-refractivity contribution < 1.29 is 13.0 Å². The molecule has 0 fully saturated rings. The molecule has 0 amide bonds. The predicted octanol–water partition coefficient (Wildman–Crippen LogP) is 2.58. The molecule has 0 radical (unpaired) electrons. The van der Waals surface area contributed by atoms with Crippen LogP contribution in [0.4, 0.5) is 5.69 Å². The number of nitrogens with one attached hydrogen (secondary N) is 1. The van der Waals surface area contributed by atoms with Crippen molar-refractivity contribution >= 4 is 15.8 Å². The van der Waals surface area contributed by atoms with Crippen molar-refractivity contribution in [2.24, 2.45) is 0 Å². The van der Waals surface area contributed by atoms with Gasteiger partial charge < -0.3 is 16.0 Å². The molecular weight excluding hydrogens is 264 g/mol. The molecule has 0 heterocycles. The highest BCUT2D eigenvalue weighted by Gasteiger charge is 2.00. The van der Waals surface area contributed by atoms with E-state index < -0.39 is 10.1 Å². The minimum atomic E-state index is -4.36. The minimum Gasteiger partial charge on any atom is -0.744 e. The van der Waals surface area contributed by atoms with E-state index in [4.69, 9.17) is 0 Å². The summed E-state index contributed by atoms with van der Waals surface area (Å²) < 4.78 is 32.2. The van der Waals surface area contributed by atoms with E-state index in [1.807, 2.05) is 30.3 Å². The summed E-state index contributed by atoms with van der Waals surface area (Å²) in [6.45, 7) is 0.643. The van der Waals surface area contributed by atoms with E-state index in [9.17, 15) is 13.0 Å². The molecule has 0 unspecified atom stereocenters. The normalized spacial score (nSPS) is 10.6. The van der Waals surface area contributed by atoms with E-state index in [0.717, 1.165) is 11.3 Å². The van der Waals surface area contributed by atoms with Gasteiger partial charge in [0.1, 0.15) is 10.1 Å². The van der Waals surface area contributed by atoms with Crippen LogP contribution < -0.4 is 11.5 Å². The summed E-state index contributed by atoms with van der Waals surface area (Å²) in [6.07, 6.45) is 0. The Hall–Kier alpha value is -1.89. The van der Waals surface area contributed by atoms with Crippen LogP contribution in [0.5, 0.6) is 0 Å². The molecule has 0 atom stereocenters. The van der Waals surface area contributed by atoms with E-state index in [0.29, 0.717) is 6.54 Å². The lowest BCUT2D eigenvalue weighted by Gasteiger charge is -2.09. The Balaban J connectivity index is 0.00000180. The third kappa shape index (κ3) is 4.36. The van der Waals surface area contributed by atoms with Gasteiger partial charge in [0.25, 0.3) is 0 Å². The van der Waals surface area contributed by atoms with Gasteiger partial charge in [-0.3, -0.25) is 0 Å². The van der Waals surface area contributed by atoms with Crippen LogP contribution in [0.3, 0.4) is 0 Å². The van der Waals surface area contributed by atoms with Crippen LogP contribution in [0, 0.1) is 0 Å². The summed E-state index contributed by atoms with van der Waals surface area (Å²) in [5.74, 6) is 0. The van der Waals surface area contributed by atoms with E-state index in [1.54, 1.807) is 12.1 Å². The third-order valence-electron chi connectivity index (χ3n) is 2.48. The number of hydrogen-bond donors (Lipinski definition) is 2. The number of benzene rings is 2. The third-order valence-corrected chi connectivity index (χ3v) is 3.33. The second-order valence-electron chi connectivity index (χ2n) is 3.82. The summed E-state index contributed by atoms with van der Waals surface area (Å²) in [7, 11) is -4.36. The molecule has 19 heavy (non-hydrogen) atoms. The lowest BCUT2D eigenvalue weighted by atomic mass is 10.2. The van der Waals surface area contributed by atoms with Gasteiger partial charge in [-0.25, -0.2) is 8.42 Å². The molecule has 0 saturated heterocycles. The van der Waals surface area contributed by atoms with Crippen molar-refractivity contribution in [3.8, 4) is 0 Å². The Bertz CT molecular complexity index is 610. The molecular formula is C13H16N2O3S. The lowest BCUT2D eigenvalue weighted by Crippen LogP contribution is -2.01. The fourth-order valence-electron chi connectivity index (χ4n) is 1.54. The van der Waals surface area contributed by atoms with Crippen molar-refractivity contribution in [3.63, 3.8) is 0 Å². The molecule has 6 heteroatoms. The van der Waals surface area contributed by atoms with Crippen LogP contribution in [-0.4, -0.2) is 13.0 Å². The molecule has 0 aliphatic rings. The lowest BCUT2D eigenvalue weighted by molar-refractivity contribution is 0.463. The van der Waals surface area contributed by atoms with Crippen LogP contribution in [0.25, 0.3) is 0 Å². The number of hydrogen-bond acceptors (Lipinski definition) is 4. The van der Waals surface area contributed by atoms with Gasteiger partial charge in [0.05, 0.1) is 4.90 Å². The molecule has 0 bridgehead atoms. The van der Waals surface area contributed by atoms with E-state index in [1.165, 1.54) is 12.1 Å². The Kier molecular flexibility index (Phi) is 5.05. The summed E-state index contributed by atoms with van der Waals surface area (Å²) in [5, 5.41) is 3.14. The molecule has 0 saturated carbocycles. The average Bonchev–Trinajstić information content (AvgIpc) is 2.37. The summed E-state index contributed by atoms with van der Waals surface area (Å²) in [5.41, 5.74) is 1.89. The van der Waals surface area contributed by atoms with Gasteiger partial charge in [0.2, 0.25) is 0 Å². The predicted molar refractivity (Wildman–Crippen MR) is 74.2 cm³/mol. The highest BCUT2D eigenvalue weighted by Crippen LogP contribution is 2.14. The molecule has 5 nitrogen and oxygen atoms in total. The smallest absolute Gasteiger partial charge is 0.124 e. The van der Waals surface area contributed by atoms with Crippen LogP contribution >= 0.6 is 0 Å². The molecule has 2 rings (SSSR count). The molecule has 5 N–H and O–H groups in total. The second-order valence-corrected chi connectivity index (χ2v) is 5.20. The minimum absolute atomic E-state index is 0. The van der Waals surface area contributed by atoms with Gasteiger partial charge in [0.15, 0.2) is 0 Å². The maximum atomic E-state index is 10.7. The number of rotatable bonds is 4. The first-order valence-corrected chi connectivity index (χ1v) is 6.80. The first kappa shape index (κ1) is 15.2. The van der Waals surface area contributed by atoms with E-state index in [2.05, 4.69) is 5.32 Å². The van der Waals surface area contributed by atoms with Crippen molar-refractivity contribution in [3.05, 3.63) is 60.2 Å². The van der Waals surface area contributed by atoms with Gasteiger partial charge in [-0.05, 0) is 29.8 Å². The summed E-state index contributed by atoms with van der Waals surface area (Å²) in [4.78, 5) is -0.215. The maximum Gasteiger partial charge on any atom is 0.124 e. The Morgan fingerprint density at radius 3 is 2.05 bits per heavy atom. The van der Waals surface area contributed by atoms with Crippen molar-refractivity contribution in [1.29, 1.82) is 0 Å². The van der Waals surface area contributed by atoms with Crippen molar-refractivity contribution in [2.75, 3.05) is 5.32 Å². The average molecular weight is 280 g/mol. The van der Waals surface area contributed by atoms with Gasteiger partial charge >= 0.3 is 0 Å². The van der Waals surface area contributed by atoms with E-state index >= 15 is 0 Å². The summed E-state index contributed by atoms with van der Waals surface area (Å²) in [6, 6.07) is 15.6. The molecule has 0 aliphatic carbocycles. The largest absolute Gasteiger partial charge is 0.744 e.